The molecule has 4 nitrogen and oxygen atoms in total. The van der Waals surface area contributed by atoms with Crippen LogP contribution in [0.3, 0.4) is 0 Å². The van der Waals surface area contributed by atoms with Crippen LogP contribution in [-0.4, -0.2) is 35.2 Å². The first kappa shape index (κ1) is 12.1. The molecule has 0 N–H and O–H groups in total. The maximum absolute atomic E-state index is 11.6. The molecule has 0 aromatic rings. The van der Waals surface area contributed by atoms with Gasteiger partial charge >= 0.3 is 5.97 Å². The van der Waals surface area contributed by atoms with Crippen LogP contribution < -0.4 is 0 Å². The molecule has 0 bridgehead atoms. The van der Waals surface area contributed by atoms with Crippen LogP contribution in [0.1, 0.15) is 20.3 Å². The molecule has 0 saturated carbocycles. The van der Waals surface area contributed by atoms with Gasteiger partial charge in [-0.05, 0) is 18.8 Å². The molecule has 0 spiro atoms. The van der Waals surface area contributed by atoms with E-state index in [0.717, 1.165) is 0 Å². The van der Waals surface area contributed by atoms with Gasteiger partial charge in [0.05, 0.1) is 12.4 Å². The van der Waals surface area contributed by atoms with E-state index in [4.69, 9.17) is 4.74 Å². The van der Waals surface area contributed by atoms with Crippen LogP contribution in [0.2, 0.25) is 0 Å². The number of ether oxygens (including phenoxy) is 1. The molecule has 0 aliphatic carbocycles. The summed E-state index contributed by atoms with van der Waals surface area (Å²) in [4.78, 5) is 24.6. The third kappa shape index (κ3) is 2.99. The van der Waals surface area contributed by atoms with Crippen molar-refractivity contribution in [1.82, 2.24) is 4.90 Å². The van der Waals surface area contributed by atoms with E-state index in [1.54, 1.807) is 13.1 Å². The van der Waals surface area contributed by atoms with Gasteiger partial charge in [-0.15, -0.1) is 11.8 Å². The zero-order valence-corrected chi connectivity index (χ0v) is 9.75. The van der Waals surface area contributed by atoms with E-state index in [0.29, 0.717) is 18.8 Å². The lowest BCUT2D eigenvalue weighted by atomic mass is 10.2. The van der Waals surface area contributed by atoms with Crippen LogP contribution in [0.4, 0.5) is 0 Å². The lowest BCUT2D eigenvalue weighted by molar-refractivity contribution is -0.152. The van der Waals surface area contributed by atoms with Crippen LogP contribution in [0.25, 0.3) is 0 Å². The van der Waals surface area contributed by atoms with Gasteiger partial charge in [-0.25, -0.2) is 4.79 Å². The number of esters is 1. The molecule has 1 rings (SSSR count). The zero-order chi connectivity index (χ0) is 11.3. The van der Waals surface area contributed by atoms with E-state index < -0.39 is 6.04 Å². The zero-order valence-electron chi connectivity index (χ0n) is 8.93. The number of amides is 1. The third-order valence-electron chi connectivity index (χ3n) is 2.09. The van der Waals surface area contributed by atoms with Gasteiger partial charge in [0.15, 0.2) is 0 Å². The predicted molar refractivity (Wildman–Crippen MR) is 59.2 cm³/mol. The molecule has 0 saturated heterocycles. The standard InChI is InChI=1S/C10H15NO3S/c1-3-8(10(13)14-4-2)11-5-6-15-7-9(11)12/h5-6,8H,3-4,7H2,1-2H3. The molecule has 0 aromatic carbocycles. The second kappa shape index (κ2) is 5.80. The highest BCUT2D eigenvalue weighted by molar-refractivity contribution is 8.02. The number of thioether (sulfide) groups is 1. The van der Waals surface area contributed by atoms with Gasteiger partial charge in [-0.2, -0.15) is 0 Å². The fourth-order valence-electron chi connectivity index (χ4n) is 1.38. The van der Waals surface area contributed by atoms with E-state index in [1.165, 1.54) is 16.7 Å². The Morgan fingerprint density at radius 2 is 2.40 bits per heavy atom. The van der Waals surface area contributed by atoms with Gasteiger partial charge in [0.2, 0.25) is 5.91 Å². The Labute approximate surface area is 93.6 Å². The van der Waals surface area contributed by atoms with Gasteiger partial charge in [0, 0.05) is 6.20 Å². The van der Waals surface area contributed by atoms with Crippen molar-refractivity contribution >= 4 is 23.6 Å². The van der Waals surface area contributed by atoms with Gasteiger partial charge in [0.1, 0.15) is 6.04 Å². The molecule has 15 heavy (non-hydrogen) atoms. The van der Waals surface area contributed by atoms with Gasteiger partial charge in [0.25, 0.3) is 0 Å². The van der Waals surface area contributed by atoms with Crippen molar-refractivity contribution in [3.05, 3.63) is 11.6 Å². The van der Waals surface area contributed by atoms with Crippen molar-refractivity contribution in [2.45, 2.75) is 26.3 Å². The van der Waals surface area contributed by atoms with Crippen molar-refractivity contribution < 1.29 is 14.3 Å². The van der Waals surface area contributed by atoms with Gasteiger partial charge in [-0.1, -0.05) is 6.92 Å². The summed E-state index contributed by atoms with van der Waals surface area (Å²) in [6.45, 7) is 3.97. The fraction of sp³-hybridized carbons (Fsp3) is 0.600. The highest BCUT2D eigenvalue weighted by Gasteiger charge is 2.28. The summed E-state index contributed by atoms with van der Waals surface area (Å²) < 4.78 is 4.92. The summed E-state index contributed by atoms with van der Waals surface area (Å²) >= 11 is 1.44. The summed E-state index contributed by atoms with van der Waals surface area (Å²) in [5, 5.41) is 1.82. The molecule has 1 aliphatic rings. The van der Waals surface area contributed by atoms with Crippen molar-refractivity contribution in [2.24, 2.45) is 0 Å². The minimum atomic E-state index is -0.477. The normalized spacial score (nSPS) is 17.7. The largest absolute Gasteiger partial charge is 0.464 e. The maximum Gasteiger partial charge on any atom is 0.329 e. The summed E-state index contributed by atoms with van der Waals surface area (Å²) in [5.41, 5.74) is 0. The molecule has 1 aliphatic heterocycles. The molecular weight excluding hydrogens is 214 g/mol. The molecule has 0 aromatic heterocycles. The average molecular weight is 229 g/mol. The summed E-state index contributed by atoms with van der Waals surface area (Å²) in [6, 6.07) is -0.477. The Morgan fingerprint density at radius 3 is 2.93 bits per heavy atom. The Morgan fingerprint density at radius 1 is 1.67 bits per heavy atom. The van der Waals surface area contributed by atoms with Gasteiger partial charge in [-0.3, -0.25) is 4.79 Å². The maximum atomic E-state index is 11.6. The summed E-state index contributed by atoms with van der Waals surface area (Å²) in [6.07, 6.45) is 2.22. The predicted octanol–water partition coefficient (Wildman–Crippen LogP) is 1.37. The quantitative estimate of drug-likeness (QED) is 0.683. The molecule has 84 valence electrons. The van der Waals surface area contributed by atoms with Crippen molar-refractivity contribution in [3.8, 4) is 0 Å². The van der Waals surface area contributed by atoms with E-state index in [1.807, 2.05) is 12.3 Å². The second-order valence-electron chi connectivity index (χ2n) is 3.07. The summed E-state index contributed by atoms with van der Waals surface area (Å²) in [5.74, 6) is 0.0270. The van der Waals surface area contributed by atoms with Crippen LogP contribution in [0.15, 0.2) is 11.6 Å². The summed E-state index contributed by atoms with van der Waals surface area (Å²) in [7, 11) is 0. The molecule has 5 heteroatoms. The Balaban J connectivity index is 2.72. The smallest absolute Gasteiger partial charge is 0.329 e. The number of hydrogen-bond acceptors (Lipinski definition) is 4. The molecule has 0 radical (unpaired) electrons. The lowest BCUT2D eigenvalue weighted by Gasteiger charge is -2.27. The molecule has 1 unspecified atom stereocenters. The Bertz CT molecular complexity index is 278. The highest BCUT2D eigenvalue weighted by atomic mass is 32.2. The number of carbonyl (C=O) groups excluding carboxylic acids is 2. The van der Waals surface area contributed by atoms with Gasteiger partial charge < -0.3 is 9.64 Å². The average Bonchev–Trinajstić information content (AvgIpc) is 2.22. The highest BCUT2D eigenvalue weighted by Crippen LogP contribution is 2.17. The monoisotopic (exact) mass is 229 g/mol. The van der Waals surface area contributed by atoms with Crippen LogP contribution >= 0.6 is 11.8 Å². The molecule has 1 atom stereocenters. The molecule has 1 amide bonds. The van der Waals surface area contributed by atoms with Crippen molar-refractivity contribution in [3.63, 3.8) is 0 Å². The van der Waals surface area contributed by atoms with E-state index in [2.05, 4.69) is 0 Å². The molecular formula is C10H15NO3S. The fourth-order valence-corrected chi connectivity index (χ4v) is 1.98. The van der Waals surface area contributed by atoms with E-state index >= 15 is 0 Å². The first-order valence-corrected chi connectivity index (χ1v) is 6.01. The molecule has 1 heterocycles. The van der Waals surface area contributed by atoms with Crippen molar-refractivity contribution in [2.75, 3.05) is 12.4 Å². The molecule has 0 fully saturated rings. The van der Waals surface area contributed by atoms with E-state index in [-0.39, 0.29) is 11.9 Å². The van der Waals surface area contributed by atoms with Crippen molar-refractivity contribution in [1.29, 1.82) is 0 Å². The number of nitrogens with zero attached hydrogens (tertiary/aromatic N) is 1. The minimum absolute atomic E-state index is 0.0394. The number of hydrogen-bond donors (Lipinski definition) is 0. The Kier molecular flexibility index (Phi) is 4.68. The lowest BCUT2D eigenvalue weighted by Crippen LogP contribution is -2.43. The third-order valence-corrected chi connectivity index (χ3v) is 2.82. The minimum Gasteiger partial charge on any atom is -0.464 e. The number of rotatable bonds is 4. The first-order chi connectivity index (χ1) is 7.20. The second-order valence-corrected chi connectivity index (χ2v) is 3.97. The first-order valence-electron chi connectivity index (χ1n) is 4.96. The number of carbonyl (C=O) groups is 2. The topological polar surface area (TPSA) is 46.6 Å². The van der Waals surface area contributed by atoms with E-state index in [9.17, 15) is 9.59 Å². The van der Waals surface area contributed by atoms with Crippen LogP contribution in [0.5, 0.6) is 0 Å². The SMILES string of the molecule is CCOC(=O)C(CC)N1C=CSCC1=O. The van der Waals surface area contributed by atoms with Crippen LogP contribution in [0, 0.1) is 0 Å². The van der Waals surface area contributed by atoms with Crippen LogP contribution in [-0.2, 0) is 14.3 Å². The Hall–Kier alpha value is -0.970.